The summed E-state index contributed by atoms with van der Waals surface area (Å²) in [5.74, 6) is 0.790. The van der Waals surface area contributed by atoms with Crippen LogP contribution in [0.1, 0.15) is 70.4 Å². The highest BCUT2D eigenvalue weighted by Crippen LogP contribution is 2.28. The molecule has 0 bridgehead atoms. The molecule has 1 saturated heterocycles. The Labute approximate surface area is 209 Å². The second-order valence-electron chi connectivity index (χ2n) is 9.34. The van der Waals surface area contributed by atoms with Crippen molar-refractivity contribution in [2.75, 3.05) is 40.6 Å². The molecule has 8 heteroatoms. The first-order chi connectivity index (χ1) is 17.2. The Balaban J connectivity index is 1.31. The lowest BCUT2D eigenvalue weighted by Crippen LogP contribution is -2.30. The van der Waals surface area contributed by atoms with Crippen LogP contribution in [0.3, 0.4) is 0 Å². The number of pyridine rings is 1. The standard InChI is InChI=1S/C27H40N4O4/c1-32-21-27(20-28,22-33-2)15-8-5-3-4-6-9-17-34-23-12-13-24(29-19-23)25-14-16-30-31(25)26-11-7-10-18-35-26/h12-14,16,19,26H,3-11,15,17-18,21-22H2,1-2H3. The summed E-state index contributed by atoms with van der Waals surface area (Å²) in [6.45, 7) is 2.31. The molecule has 0 amide bonds. The zero-order valence-electron chi connectivity index (χ0n) is 21.3. The molecular weight excluding hydrogens is 444 g/mol. The number of ether oxygens (including phenoxy) is 4. The van der Waals surface area contributed by atoms with Gasteiger partial charge in [0, 0.05) is 27.0 Å². The van der Waals surface area contributed by atoms with Crippen LogP contribution < -0.4 is 4.74 Å². The van der Waals surface area contributed by atoms with E-state index in [1.54, 1.807) is 26.6 Å². The molecule has 1 unspecified atom stereocenters. The first-order valence-corrected chi connectivity index (χ1v) is 12.8. The monoisotopic (exact) mass is 484 g/mol. The first kappa shape index (κ1) is 27.1. The second-order valence-corrected chi connectivity index (χ2v) is 9.34. The SMILES string of the molecule is COCC(C#N)(CCCCCCCCOc1ccc(-c2ccnn2C2CCCCO2)nc1)COC. The molecular formula is C27H40N4O4. The van der Waals surface area contributed by atoms with Crippen LogP contribution in [0.5, 0.6) is 5.75 Å². The van der Waals surface area contributed by atoms with Crippen molar-refractivity contribution in [2.24, 2.45) is 5.41 Å². The summed E-state index contributed by atoms with van der Waals surface area (Å²) >= 11 is 0. The Bertz CT molecular complexity index is 881. The number of methoxy groups -OCH3 is 2. The van der Waals surface area contributed by atoms with E-state index in [0.29, 0.717) is 19.8 Å². The minimum atomic E-state index is -0.524. The molecule has 2 aromatic heterocycles. The Kier molecular flexibility index (Phi) is 11.5. The summed E-state index contributed by atoms with van der Waals surface area (Å²) in [4.78, 5) is 4.60. The van der Waals surface area contributed by atoms with E-state index in [2.05, 4.69) is 16.2 Å². The van der Waals surface area contributed by atoms with E-state index < -0.39 is 5.41 Å². The van der Waals surface area contributed by atoms with Crippen LogP contribution in [0.2, 0.25) is 0 Å². The van der Waals surface area contributed by atoms with Gasteiger partial charge in [-0.3, -0.25) is 4.98 Å². The van der Waals surface area contributed by atoms with Gasteiger partial charge >= 0.3 is 0 Å². The molecule has 3 rings (SSSR count). The van der Waals surface area contributed by atoms with Crippen LogP contribution in [0.4, 0.5) is 0 Å². The smallest absolute Gasteiger partial charge is 0.150 e. The molecule has 1 aliphatic heterocycles. The maximum Gasteiger partial charge on any atom is 0.150 e. The molecule has 0 aromatic carbocycles. The summed E-state index contributed by atoms with van der Waals surface area (Å²) in [7, 11) is 3.27. The normalized spacial score (nSPS) is 16.2. The fourth-order valence-electron chi connectivity index (χ4n) is 4.60. The largest absolute Gasteiger partial charge is 0.492 e. The van der Waals surface area contributed by atoms with Crippen molar-refractivity contribution in [3.05, 3.63) is 30.6 Å². The first-order valence-electron chi connectivity index (χ1n) is 12.8. The van der Waals surface area contributed by atoms with Gasteiger partial charge in [-0.05, 0) is 50.3 Å². The molecule has 0 saturated carbocycles. The molecule has 1 aliphatic rings. The van der Waals surface area contributed by atoms with E-state index in [-0.39, 0.29) is 6.23 Å². The van der Waals surface area contributed by atoms with Crippen molar-refractivity contribution in [1.29, 1.82) is 5.26 Å². The lowest BCUT2D eigenvalue weighted by molar-refractivity contribution is -0.0384. The van der Waals surface area contributed by atoms with Crippen LogP contribution >= 0.6 is 0 Å². The summed E-state index contributed by atoms with van der Waals surface area (Å²) in [5.41, 5.74) is 1.32. The van der Waals surface area contributed by atoms with E-state index in [0.717, 1.165) is 81.5 Å². The Morgan fingerprint density at radius 1 is 1.06 bits per heavy atom. The third-order valence-electron chi connectivity index (χ3n) is 6.49. The molecule has 192 valence electrons. The third-order valence-corrected chi connectivity index (χ3v) is 6.49. The summed E-state index contributed by atoms with van der Waals surface area (Å²) in [5, 5.41) is 14.0. The number of rotatable bonds is 16. The van der Waals surface area contributed by atoms with E-state index >= 15 is 0 Å². The van der Waals surface area contributed by atoms with Gasteiger partial charge in [-0.25, -0.2) is 4.68 Å². The van der Waals surface area contributed by atoms with Crippen LogP contribution in [-0.2, 0) is 14.2 Å². The minimum Gasteiger partial charge on any atom is -0.492 e. The molecule has 2 aromatic rings. The molecule has 0 spiro atoms. The van der Waals surface area contributed by atoms with Crippen molar-refractivity contribution in [1.82, 2.24) is 14.8 Å². The predicted molar refractivity (Wildman–Crippen MR) is 134 cm³/mol. The Morgan fingerprint density at radius 2 is 1.83 bits per heavy atom. The van der Waals surface area contributed by atoms with Gasteiger partial charge in [0.1, 0.15) is 11.2 Å². The number of aromatic nitrogens is 3. The highest BCUT2D eigenvalue weighted by atomic mass is 16.5. The zero-order chi connectivity index (χ0) is 24.8. The van der Waals surface area contributed by atoms with Crippen molar-refractivity contribution in [3.8, 4) is 23.2 Å². The summed E-state index contributed by atoms with van der Waals surface area (Å²) < 4.78 is 24.2. The highest BCUT2D eigenvalue weighted by Gasteiger charge is 2.29. The maximum absolute atomic E-state index is 9.52. The highest BCUT2D eigenvalue weighted by molar-refractivity contribution is 5.54. The van der Waals surface area contributed by atoms with Crippen LogP contribution in [0.15, 0.2) is 30.6 Å². The molecule has 3 heterocycles. The van der Waals surface area contributed by atoms with Crippen LogP contribution in [0, 0.1) is 16.7 Å². The van der Waals surface area contributed by atoms with E-state index in [4.69, 9.17) is 18.9 Å². The van der Waals surface area contributed by atoms with Gasteiger partial charge in [0.15, 0.2) is 6.23 Å². The third kappa shape index (κ3) is 8.31. The van der Waals surface area contributed by atoms with Crippen LogP contribution in [-0.4, -0.2) is 55.4 Å². The van der Waals surface area contributed by atoms with Crippen LogP contribution in [0.25, 0.3) is 11.4 Å². The maximum atomic E-state index is 9.52. The minimum absolute atomic E-state index is 0.00363. The zero-order valence-corrected chi connectivity index (χ0v) is 21.3. The van der Waals surface area contributed by atoms with E-state index in [9.17, 15) is 5.26 Å². The molecule has 1 atom stereocenters. The van der Waals surface area contributed by atoms with Gasteiger partial charge in [-0.2, -0.15) is 10.4 Å². The number of hydrogen-bond acceptors (Lipinski definition) is 7. The molecule has 8 nitrogen and oxygen atoms in total. The van der Waals surface area contributed by atoms with Crippen molar-refractivity contribution in [2.45, 2.75) is 70.4 Å². The Morgan fingerprint density at radius 3 is 2.49 bits per heavy atom. The number of unbranched alkanes of at least 4 members (excludes halogenated alkanes) is 5. The van der Waals surface area contributed by atoms with Gasteiger partial charge in [-0.15, -0.1) is 0 Å². The second kappa shape index (κ2) is 14.8. The average Bonchev–Trinajstić information content (AvgIpc) is 3.39. The van der Waals surface area contributed by atoms with Gasteiger partial charge < -0.3 is 18.9 Å². The predicted octanol–water partition coefficient (Wildman–Crippen LogP) is 5.56. The van der Waals surface area contributed by atoms with Gasteiger partial charge in [0.2, 0.25) is 0 Å². The molecule has 0 N–H and O–H groups in total. The number of hydrogen-bond donors (Lipinski definition) is 0. The lowest BCUT2D eigenvalue weighted by Gasteiger charge is -2.24. The van der Waals surface area contributed by atoms with Crippen molar-refractivity contribution >= 4 is 0 Å². The molecule has 0 radical (unpaired) electrons. The van der Waals surface area contributed by atoms with Gasteiger partial charge in [0.05, 0.1) is 43.5 Å². The fourth-order valence-corrected chi connectivity index (χ4v) is 4.60. The van der Waals surface area contributed by atoms with E-state index in [1.165, 1.54) is 6.42 Å². The molecule has 1 fully saturated rings. The fraction of sp³-hybridized carbons (Fsp3) is 0.667. The van der Waals surface area contributed by atoms with Crippen molar-refractivity contribution < 1.29 is 18.9 Å². The average molecular weight is 485 g/mol. The Hall–Kier alpha value is -2.47. The van der Waals surface area contributed by atoms with Crippen molar-refractivity contribution in [3.63, 3.8) is 0 Å². The quantitative estimate of drug-likeness (QED) is 0.288. The summed E-state index contributed by atoms with van der Waals surface area (Å²) in [6.07, 6.45) is 14.3. The van der Waals surface area contributed by atoms with Gasteiger partial charge in [-0.1, -0.05) is 32.1 Å². The molecule has 0 aliphatic carbocycles. The topological polar surface area (TPSA) is 91.4 Å². The van der Waals surface area contributed by atoms with Gasteiger partial charge in [0.25, 0.3) is 0 Å². The number of nitriles is 1. The lowest BCUT2D eigenvalue weighted by atomic mass is 9.85. The molecule has 35 heavy (non-hydrogen) atoms. The van der Waals surface area contributed by atoms with E-state index in [1.807, 2.05) is 22.9 Å². The number of nitrogens with zero attached hydrogens (tertiary/aromatic N) is 4. The summed E-state index contributed by atoms with van der Waals surface area (Å²) in [6, 6.07) is 8.34.